The minimum Gasteiger partial charge on any atom is -0.457 e. The number of furan rings is 1. The predicted molar refractivity (Wildman–Crippen MR) is 116 cm³/mol. The molecule has 0 spiro atoms. The molecule has 0 atom stereocenters. The van der Waals surface area contributed by atoms with Crippen LogP contribution in [0.25, 0.3) is 17.4 Å². The van der Waals surface area contributed by atoms with Gasteiger partial charge in [-0.15, -0.1) is 0 Å². The van der Waals surface area contributed by atoms with E-state index in [1.807, 2.05) is 42.5 Å². The molecule has 1 N–H and O–H groups in total. The average Bonchev–Trinajstić information content (AvgIpc) is 3.28. The second kappa shape index (κ2) is 9.27. The van der Waals surface area contributed by atoms with Crippen molar-refractivity contribution in [3.8, 4) is 11.3 Å². The molecule has 1 fully saturated rings. The number of benzene rings is 2. The number of nitrogens with zero attached hydrogens (tertiary/aromatic N) is 1. The van der Waals surface area contributed by atoms with E-state index in [1.54, 1.807) is 41.3 Å². The molecular formula is C25H24N2O3. The van der Waals surface area contributed by atoms with Crippen molar-refractivity contribution in [3.05, 3.63) is 89.8 Å². The van der Waals surface area contributed by atoms with E-state index in [1.165, 1.54) is 0 Å². The van der Waals surface area contributed by atoms with Crippen LogP contribution in [0, 0.1) is 0 Å². The largest absolute Gasteiger partial charge is 0.457 e. The first-order valence-corrected chi connectivity index (χ1v) is 10.2. The van der Waals surface area contributed by atoms with Gasteiger partial charge in [-0.3, -0.25) is 9.59 Å². The first kappa shape index (κ1) is 19.7. The van der Waals surface area contributed by atoms with E-state index in [0.29, 0.717) is 30.2 Å². The highest BCUT2D eigenvalue weighted by molar-refractivity contribution is 6.05. The fraction of sp³-hybridized carbons (Fsp3) is 0.200. The summed E-state index contributed by atoms with van der Waals surface area (Å²) >= 11 is 0. The molecule has 30 heavy (non-hydrogen) atoms. The Labute approximate surface area is 176 Å². The van der Waals surface area contributed by atoms with Crippen LogP contribution in [0.1, 0.15) is 35.4 Å². The van der Waals surface area contributed by atoms with Crippen molar-refractivity contribution in [3.63, 3.8) is 0 Å². The molecule has 1 aromatic heterocycles. The van der Waals surface area contributed by atoms with Crippen molar-refractivity contribution in [1.82, 2.24) is 10.2 Å². The number of carbonyl (C=O) groups excluding carboxylic acids is 2. The van der Waals surface area contributed by atoms with Crippen LogP contribution < -0.4 is 5.32 Å². The van der Waals surface area contributed by atoms with Crippen LogP contribution >= 0.6 is 0 Å². The van der Waals surface area contributed by atoms with Crippen LogP contribution in [0.4, 0.5) is 0 Å². The van der Waals surface area contributed by atoms with Crippen LogP contribution in [0.3, 0.4) is 0 Å². The molecule has 3 aromatic rings. The molecule has 2 aromatic carbocycles. The van der Waals surface area contributed by atoms with Gasteiger partial charge in [-0.25, -0.2) is 0 Å². The van der Waals surface area contributed by atoms with Gasteiger partial charge in [-0.05, 0) is 43.5 Å². The van der Waals surface area contributed by atoms with E-state index in [2.05, 4.69) is 5.32 Å². The summed E-state index contributed by atoms with van der Waals surface area (Å²) in [5.74, 6) is 0.724. The molecule has 1 aliphatic heterocycles. The number of rotatable bonds is 5. The lowest BCUT2D eigenvalue weighted by molar-refractivity contribution is -0.128. The zero-order valence-electron chi connectivity index (χ0n) is 16.7. The average molecular weight is 400 g/mol. The maximum Gasteiger partial charge on any atom is 0.270 e. The van der Waals surface area contributed by atoms with Gasteiger partial charge >= 0.3 is 0 Å². The molecule has 0 aliphatic carbocycles. The Morgan fingerprint density at radius 1 is 0.833 bits per heavy atom. The summed E-state index contributed by atoms with van der Waals surface area (Å²) in [6, 6.07) is 22.3. The molecule has 1 aliphatic rings. The smallest absolute Gasteiger partial charge is 0.270 e. The summed E-state index contributed by atoms with van der Waals surface area (Å²) in [6.45, 7) is 1.40. The Morgan fingerprint density at radius 3 is 2.20 bits per heavy atom. The summed E-state index contributed by atoms with van der Waals surface area (Å²) in [5, 5.41) is 2.80. The summed E-state index contributed by atoms with van der Waals surface area (Å²) in [5.41, 5.74) is 1.67. The zero-order valence-corrected chi connectivity index (χ0v) is 16.7. The third-order valence-electron chi connectivity index (χ3n) is 5.13. The molecule has 152 valence electrons. The van der Waals surface area contributed by atoms with Crippen LogP contribution in [0.5, 0.6) is 0 Å². The maximum atomic E-state index is 13.1. The fourth-order valence-electron chi connectivity index (χ4n) is 3.53. The normalized spacial score (nSPS) is 14.4. The first-order valence-electron chi connectivity index (χ1n) is 10.2. The highest BCUT2D eigenvalue weighted by Crippen LogP contribution is 2.23. The lowest BCUT2D eigenvalue weighted by atomic mass is 10.1. The topological polar surface area (TPSA) is 62.6 Å². The Balaban J connectivity index is 1.61. The second-order valence-corrected chi connectivity index (χ2v) is 7.30. The Bertz CT molecular complexity index is 1030. The number of amides is 2. The molecule has 0 unspecified atom stereocenters. The lowest BCUT2D eigenvalue weighted by Gasteiger charge is -2.27. The number of piperidine rings is 1. The van der Waals surface area contributed by atoms with E-state index in [4.69, 9.17) is 4.42 Å². The van der Waals surface area contributed by atoms with Crippen molar-refractivity contribution in [2.75, 3.05) is 13.1 Å². The van der Waals surface area contributed by atoms with Crippen LogP contribution in [-0.4, -0.2) is 29.8 Å². The van der Waals surface area contributed by atoms with Crippen molar-refractivity contribution in [1.29, 1.82) is 0 Å². The van der Waals surface area contributed by atoms with Gasteiger partial charge < -0.3 is 14.6 Å². The van der Waals surface area contributed by atoms with Crippen molar-refractivity contribution >= 4 is 17.9 Å². The molecule has 4 rings (SSSR count). The molecule has 2 heterocycles. The Morgan fingerprint density at radius 2 is 1.50 bits per heavy atom. The zero-order chi connectivity index (χ0) is 20.8. The van der Waals surface area contributed by atoms with Gasteiger partial charge in [0.05, 0.1) is 0 Å². The molecular weight excluding hydrogens is 376 g/mol. The summed E-state index contributed by atoms with van der Waals surface area (Å²) in [6.07, 6.45) is 4.69. The summed E-state index contributed by atoms with van der Waals surface area (Å²) < 4.78 is 5.93. The van der Waals surface area contributed by atoms with Gasteiger partial charge in [-0.2, -0.15) is 0 Å². The van der Waals surface area contributed by atoms with Crippen LogP contribution in [0.15, 0.2) is 82.9 Å². The lowest BCUT2D eigenvalue weighted by Crippen LogP contribution is -2.41. The van der Waals surface area contributed by atoms with E-state index < -0.39 is 0 Å². The quantitative estimate of drug-likeness (QED) is 0.630. The highest BCUT2D eigenvalue weighted by atomic mass is 16.3. The molecule has 0 saturated carbocycles. The first-order chi connectivity index (χ1) is 14.7. The minimum absolute atomic E-state index is 0.184. The van der Waals surface area contributed by atoms with E-state index in [9.17, 15) is 9.59 Å². The van der Waals surface area contributed by atoms with Gasteiger partial charge in [-0.1, -0.05) is 48.5 Å². The predicted octanol–water partition coefficient (Wildman–Crippen LogP) is 4.73. The molecule has 0 bridgehead atoms. The second-order valence-electron chi connectivity index (χ2n) is 7.30. The van der Waals surface area contributed by atoms with Crippen molar-refractivity contribution in [2.24, 2.45) is 0 Å². The number of carbonyl (C=O) groups is 2. The molecule has 0 radical (unpaired) electrons. The SMILES string of the molecule is O=C(N/C(=C/c1ccc(-c2ccccc2)o1)C(=O)N1CCCCC1)c1ccccc1. The Hall–Kier alpha value is -3.60. The van der Waals surface area contributed by atoms with Gasteiger partial charge in [0.25, 0.3) is 11.8 Å². The number of likely N-dealkylation sites (tertiary alicyclic amines) is 1. The summed E-state index contributed by atoms with van der Waals surface area (Å²) in [7, 11) is 0. The monoisotopic (exact) mass is 400 g/mol. The molecule has 2 amide bonds. The summed E-state index contributed by atoms with van der Waals surface area (Å²) in [4.78, 5) is 27.6. The van der Waals surface area contributed by atoms with Crippen LogP contribution in [-0.2, 0) is 4.79 Å². The van der Waals surface area contributed by atoms with Crippen molar-refractivity contribution in [2.45, 2.75) is 19.3 Å². The number of hydrogen-bond acceptors (Lipinski definition) is 3. The number of nitrogens with one attached hydrogen (secondary N) is 1. The molecule has 5 heteroatoms. The molecule has 5 nitrogen and oxygen atoms in total. The standard InChI is InChI=1S/C25H24N2O3/c28-24(20-12-6-2-7-13-20)26-22(25(29)27-16-8-3-9-17-27)18-21-14-15-23(30-21)19-10-4-1-5-11-19/h1-2,4-7,10-15,18H,3,8-9,16-17H2,(H,26,28)/b22-18+. The fourth-order valence-corrected chi connectivity index (χ4v) is 3.53. The third kappa shape index (κ3) is 4.69. The van der Waals surface area contributed by atoms with E-state index in [-0.39, 0.29) is 17.5 Å². The maximum absolute atomic E-state index is 13.1. The third-order valence-corrected chi connectivity index (χ3v) is 5.13. The van der Waals surface area contributed by atoms with Gasteiger partial charge in [0, 0.05) is 30.3 Å². The van der Waals surface area contributed by atoms with Gasteiger partial charge in [0.2, 0.25) is 0 Å². The van der Waals surface area contributed by atoms with Crippen molar-refractivity contribution < 1.29 is 14.0 Å². The van der Waals surface area contributed by atoms with Gasteiger partial charge in [0.15, 0.2) is 0 Å². The van der Waals surface area contributed by atoms with Crippen LogP contribution in [0.2, 0.25) is 0 Å². The van der Waals surface area contributed by atoms with Gasteiger partial charge in [0.1, 0.15) is 17.2 Å². The number of hydrogen-bond donors (Lipinski definition) is 1. The Kier molecular flexibility index (Phi) is 6.09. The minimum atomic E-state index is -0.318. The van der Waals surface area contributed by atoms with E-state index in [0.717, 1.165) is 24.8 Å². The van der Waals surface area contributed by atoms with E-state index >= 15 is 0 Å². The molecule has 1 saturated heterocycles. The highest BCUT2D eigenvalue weighted by Gasteiger charge is 2.23.